The molecular formula is C21H12IN3O2. The van der Waals surface area contributed by atoms with Crippen LogP contribution in [0.4, 0.5) is 0 Å². The minimum atomic E-state index is -0.282. The maximum Gasteiger partial charge on any atom is 0.259 e. The summed E-state index contributed by atoms with van der Waals surface area (Å²) in [5.74, 6) is 1.43. The van der Waals surface area contributed by atoms with Crippen LogP contribution in [0.1, 0.15) is 11.6 Å². The Kier molecular flexibility index (Phi) is 4.60. The monoisotopic (exact) mass is 465 g/mol. The normalized spacial score (nSPS) is 11.5. The number of halogens is 1. The Balaban J connectivity index is 1.75. The van der Waals surface area contributed by atoms with Gasteiger partial charge in [0.1, 0.15) is 17.6 Å². The molecule has 0 saturated heterocycles. The minimum absolute atomic E-state index is 0.216. The zero-order chi connectivity index (χ0) is 18.8. The first-order chi connectivity index (χ1) is 13.1. The van der Waals surface area contributed by atoms with Crippen molar-refractivity contribution in [3.63, 3.8) is 0 Å². The third-order valence-electron chi connectivity index (χ3n) is 4.01. The van der Waals surface area contributed by atoms with Crippen LogP contribution in [0, 0.1) is 14.9 Å². The van der Waals surface area contributed by atoms with Crippen molar-refractivity contribution < 1.29 is 4.42 Å². The van der Waals surface area contributed by atoms with Crippen LogP contribution in [0.15, 0.2) is 69.9 Å². The fraction of sp³-hybridized carbons (Fsp3) is 0. The molecule has 5 nitrogen and oxygen atoms in total. The molecule has 6 heteroatoms. The van der Waals surface area contributed by atoms with E-state index in [2.05, 4.69) is 38.6 Å². The van der Waals surface area contributed by atoms with E-state index in [1.165, 1.54) is 0 Å². The molecular weight excluding hydrogens is 453 g/mol. The van der Waals surface area contributed by atoms with E-state index in [0.717, 1.165) is 9.13 Å². The second-order valence-electron chi connectivity index (χ2n) is 5.81. The lowest BCUT2D eigenvalue weighted by Crippen LogP contribution is -2.11. The molecule has 2 heterocycles. The molecule has 0 amide bonds. The van der Waals surface area contributed by atoms with Gasteiger partial charge in [-0.05, 0) is 59.0 Å². The van der Waals surface area contributed by atoms with Crippen molar-refractivity contribution in [1.82, 2.24) is 9.97 Å². The van der Waals surface area contributed by atoms with Crippen LogP contribution < -0.4 is 5.56 Å². The minimum Gasteiger partial charge on any atom is -0.457 e. The molecule has 0 bridgehead atoms. The Morgan fingerprint density at radius 3 is 2.81 bits per heavy atom. The summed E-state index contributed by atoms with van der Waals surface area (Å²) in [6, 6.07) is 20.7. The van der Waals surface area contributed by atoms with E-state index < -0.39 is 0 Å². The molecule has 4 rings (SSSR count). The van der Waals surface area contributed by atoms with E-state index in [9.17, 15) is 10.1 Å². The predicted octanol–water partition coefficient (Wildman–Crippen LogP) is 4.85. The molecule has 0 atom stereocenters. The molecule has 0 spiro atoms. The summed E-state index contributed by atoms with van der Waals surface area (Å²) in [6.07, 6.45) is 1.57. The number of hydrogen-bond donors (Lipinski definition) is 1. The van der Waals surface area contributed by atoms with Gasteiger partial charge >= 0.3 is 0 Å². The van der Waals surface area contributed by atoms with Crippen LogP contribution >= 0.6 is 22.6 Å². The fourth-order valence-corrected chi connectivity index (χ4v) is 3.28. The van der Waals surface area contributed by atoms with Gasteiger partial charge < -0.3 is 9.40 Å². The highest BCUT2D eigenvalue weighted by Gasteiger charge is 2.10. The topological polar surface area (TPSA) is 82.7 Å². The summed E-state index contributed by atoms with van der Waals surface area (Å²) < 4.78 is 6.95. The van der Waals surface area contributed by atoms with Crippen LogP contribution in [-0.4, -0.2) is 9.97 Å². The smallest absolute Gasteiger partial charge is 0.259 e. The van der Waals surface area contributed by atoms with Gasteiger partial charge in [0, 0.05) is 15.2 Å². The quantitative estimate of drug-likeness (QED) is 0.347. The molecule has 0 unspecified atom stereocenters. The van der Waals surface area contributed by atoms with Gasteiger partial charge in [-0.1, -0.05) is 24.3 Å². The lowest BCUT2D eigenvalue weighted by Gasteiger charge is -2.01. The lowest BCUT2D eigenvalue weighted by molar-refractivity contribution is 0.572. The number of allylic oxidation sites excluding steroid dienone is 1. The van der Waals surface area contributed by atoms with Crippen molar-refractivity contribution in [2.45, 2.75) is 0 Å². The van der Waals surface area contributed by atoms with Gasteiger partial charge in [0.25, 0.3) is 5.56 Å². The molecule has 0 aliphatic rings. The van der Waals surface area contributed by atoms with Crippen LogP contribution in [0.2, 0.25) is 0 Å². The number of para-hydroxylation sites is 1. The average molecular weight is 465 g/mol. The SMILES string of the molecule is N#CC(=Cc1ccc(-c2cccc(I)c2)o1)c1nc2ccccc2c(=O)[nH]1. The van der Waals surface area contributed by atoms with Gasteiger partial charge in [0.2, 0.25) is 0 Å². The molecule has 0 aliphatic heterocycles. The van der Waals surface area contributed by atoms with Crippen molar-refractivity contribution in [3.8, 4) is 17.4 Å². The van der Waals surface area contributed by atoms with E-state index in [-0.39, 0.29) is 17.0 Å². The van der Waals surface area contributed by atoms with Gasteiger partial charge in [0.05, 0.1) is 16.5 Å². The van der Waals surface area contributed by atoms with E-state index in [1.54, 1.807) is 36.4 Å². The Bertz CT molecular complexity index is 1280. The van der Waals surface area contributed by atoms with E-state index in [0.29, 0.717) is 22.4 Å². The molecule has 0 aliphatic carbocycles. The van der Waals surface area contributed by atoms with E-state index in [4.69, 9.17) is 4.42 Å². The summed E-state index contributed by atoms with van der Waals surface area (Å²) >= 11 is 2.24. The fourth-order valence-electron chi connectivity index (χ4n) is 2.74. The van der Waals surface area contributed by atoms with Gasteiger partial charge in [-0.2, -0.15) is 5.26 Å². The Morgan fingerprint density at radius 2 is 2.00 bits per heavy atom. The number of nitriles is 1. The van der Waals surface area contributed by atoms with Crippen molar-refractivity contribution in [3.05, 3.63) is 86.2 Å². The molecule has 0 saturated carbocycles. The number of aromatic nitrogens is 2. The number of nitrogens with zero attached hydrogens (tertiary/aromatic N) is 2. The Labute approximate surface area is 168 Å². The maximum absolute atomic E-state index is 12.2. The van der Waals surface area contributed by atoms with Crippen molar-refractivity contribution >= 4 is 45.1 Å². The molecule has 27 heavy (non-hydrogen) atoms. The number of nitrogens with one attached hydrogen (secondary N) is 1. The van der Waals surface area contributed by atoms with Gasteiger partial charge in [-0.25, -0.2) is 4.98 Å². The standard InChI is InChI=1S/C21H12IN3O2/c22-15-5-3-4-13(10-15)19-9-8-16(27-19)11-14(12-23)20-24-18-7-2-1-6-17(18)21(26)25-20/h1-11H,(H,24,25,26). The number of rotatable bonds is 3. The highest BCUT2D eigenvalue weighted by molar-refractivity contribution is 14.1. The lowest BCUT2D eigenvalue weighted by atomic mass is 10.2. The largest absolute Gasteiger partial charge is 0.457 e. The molecule has 4 aromatic rings. The first-order valence-electron chi connectivity index (χ1n) is 8.11. The number of aromatic amines is 1. The molecule has 0 radical (unpaired) electrons. The summed E-state index contributed by atoms with van der Waals surface area (Å²) in [4.78, 5) is 19.3. The molecule has 2 aromatic carbocycles. The van der Waals surface area contributed by atoms with E-state index in [1.807, 2.05) is 30.3 Å². The highest BCUT2D eigenvalue weighted by atomic mass is 127. The van der Waals surface area contributed by atoms with Crippen LogP contribution in [0.3, 0.4) is 0 Å². The molecule has 130 valence electrons. The second kappa shape index (κ2) is 7.21. The highest BCUT2D eigenvalue weighted by Crippen LogP contribution is 2.25. The first-order valence-corrected chi connectivity index (χ1v) is 9.19. The van der Waals surface area contributed by atoms with Gasteiger partial charge in [0.15, 0.2) is 5.82 Å². The van der Waals surface area contributed by atoms with E-state index >= 15 is 0 Å². The number of fused-ring (bicyclic) bond motifs is 1. The Morgan fingerprint density at radius 1 is 1.15 bits per heavy atom. The third-order valence-corrected chi connectivity index (χ3v) is 4.68. The summed E-state index contributed by atoms with van der Waals surface area (Å²) in [5, 5.41) is 10.0. The third kappa shape index (κ3) is 3.55. The summed E-state index contributed by atoms with van der Waals surface area (Å²) in [5.41, 5.74) is 1.44. The van der Waals surface area contributed by atoms with Crippen molar-refractivity contribution in [2.24, 2.45) is 0 Å². The number of hydrogen-bond acceptors (Lipinski definition) is 4. The predicted molar refractivity (Wildman–Crippen MR) is 113 cm³/mol. The van der Waals surface area contributed by atoms with Crippen LogP contribution in [0.25, 0.3) is 33.9 Å². The second-order valence-corrected chi connectivity index (χ2v) is 7.06. The van der Waals surface area contributed by atoms with Gasteiger partial charge in [-0.3, -0.25) is 4.79 Å². The first kappa shape index (κ1) is 17.2. The van der Waals surface area contributed by atoms with Crippen LogP contribution in [0.5, 0.6) is 0 Å². The number of H-pyrrole nitrogens is 1. The van der Waals surface area contributed by atoms with Crippen molar-refractivity contribution in [2.75, 3.05) is 0 Å². The summed E-state index contributed by atoms with van der Waals surface area (Å²) in [6.45, 7) is 0. The zero-order valence-electron chi connectivity index (χ0n) is 13.9. The Hall–Kier alpha value is -3.18. The number of benzene rings is 2. The number of furan rings is 1. The molecule has 2 aromatic heterocycles. The zero-order valence-corrected chi connectivity index (χ0v) is 16.1. The molecule has 0 fully saturated rings. The average Bonchev–Trinajstić information content (AvgIpc) is 3.15. The van der Waals surface area contributed by atoms with Crippen LogP contribution in [-0.2, 0) is 0 Å². The van der Waals surface area contributed by atoms with Crippen molar-refractivity contribution in [1.29, 1.82) is 5.26 Å². The van der Waals surface area contributed by atoms with Gasteiger partial charge in [-0.15, -0.1) is 0 Å². The summed E-state index contributed by atoms with van der Waals surface area (Å²) in [7, 11) is 0. The maximum atomic E-state index is 12.2. The molecule has 1 N–H and O–H groups in total.